The van der Waals surface area contributed by atoms with Gasteiger partial charge in [0.1, 0.15) is 5.75 Å². The van der Waals surface area contributed by atoms with Crippen LogP contribution in [0.2, 0.25) is 0 Å². The summed E-state index contributed by atoms with van der Waals surface area (Å²) in [5.74, 6) is 1.35. The molecule has 0 fully saturated rings. The van der Waals surface area contributed by atoms with Gasteiger partial charge in [-0.1, -0.05) is 37.3 Å². The van der Waals surface area contributed by atoms with Crippen molar-refractivity contribution in [2.45, 2.75) is 20.4 Å². The molecule has 0 saturated heterocycles. The normalized spacial score (nSPS) is 11.1. The van der Waals surface area contributed by atoms with E-state index in [1.807, 2.05) is 24.3 Å². The van der Waals surface area contributed by atoms with Crippen molar-refractivity contribution in [3.05, 3.63) is 52.4 Å². The molecule has 2 aromatic heterocycles. The standard InChI is InChI=1S/C16H18N4O2S/c1-11(2)10-22-13-5-3-4-12(8-13)9-18-15-19-20-14(21)6-7-17-16(20)23-15/h3-8,11H,9-10H2,1-2H3,(H,18,19). The Balaban J connectivity index is 1.68. The molecule has 0 aliphatic rings. The smallest absolute Gasteiger partial charge is 0.275 e. The first-order chi connectivity index (χ1) is 11.1. The summed E-state index contributed by atoms with van der Waals surface area (Å²) in [4.78, 5) is 16.4. The second-order valence-corrected chi connectivity index (χ2v) is 6.55. The van der Waals surface area contributed by atoms with Crippen LogP contribution in [0, 0.1) is 5.92 Å². The van der Waals surface area contributed by atoms with E-state index in [9.17, 15) is 4.79 Å². The second-order valence-electron chi connectivity index (χ2n) is 5.59. The third kappa shape index (κ3) is 3.87. The van der Waals surface area contributed by atoms with Crippen LogP contribution in [-0.2, 0) is 6.54 Å². The van der Waals surface area contributed by atoms with Gasteiger partial charge in [-0.05, 0) is 23.6 Å². The highest BCUT2D eigenvalue weighted by atomic mass is 32.1. The number of hydrogen-bond acceptors (Lipinski definition) is 6. The lowest BCUT2D eigenvalue weighted by atomic mass is 10.2. The molecular formula is C16H18N4O2S. The van der Waals surface area contributed by atoms with Crippen LogP contribution in [0.1, 0.15) is 19.4 Å². The van der Waals surface area contributed by atoms with Gasteiger partial charge in [-0.15, -0.1) is 5.10 Å². The molecule has 0 aliphatic carbocycles. The maximum absolute atomic E-state index is 11.7. The van der Waals surface area contributed by atoms with Crippen LogP contribution in [-0.4, -0.2) is 21.2 Å². The summed E-state index contributed by atoms with van der Waals surface area (Å²) < 4.78 is 7.03. The minimum atomic E-state index is -0.177. The fraction of sp³-hybridized carbons (Fsp3) is 0.312. The molecule has 23 heavy (non-hydrogen) atoms. The van der Waals surface area contributed by atoms with E-state index in [1.165, 1.54) is 28.1 Å². The Labute approximate surface area is 137 Å². The monoisotopic (exact) mass is 330 g/mol. The van der Waals surface area contributed by atoms with Gasteiger partial charge < -0.3 is 10.1 Å². The first kappa shape index (κ1) is 15.5. The molecule has 6 nitrogen and oxygen atoms in total. The maximum atomic E-state index is 11.7. The Morgan fingerprint density at radius 3 is 3.00 bits per heavy atom. The lowest BCUT2D eigenvalue weighted by Crippen LogP contribution is -2.12. The third-order valence-corrected chi connectivity index (χ3v) is 3.98. The summed E-state index contributed by atoms with van der Waals surface area (Å²) in [5.41, 5.74) is 0.911. The first-order valence-electron chi connectivity index (χ1n) is 7.42. The number of benzene rings is 1. The van der Waals surface area contributed by atoms with E-state index in [-0.39, 0.29) is 5.56 Å². The lowest BCUT2D eigenvalue weighted by Gasteiger charge is -2.10. The van der Waals surface area contributed by atoms with Crippen LogP contribution in [0.15, 0.2) is 41.3 Å². The average molecular weight is 330 g/mol. The minimum absolute atomic E-state index is 0.177. The highest BCUT2D eigenvalue weighted by Gasteiger charge is 2.06. The molecular weight excluding hydrogens is 312 g/mol. The van der Waals surface area contributed by atoms with Crippen LogP contribution in [0.4, 0.5) is 5.13 Å². The fourth-order valence-corrected chi connectivity index (χ4v) is 2.77. The van der Waals surface area contributed by atoms with E-state index in [0.29, 0.717) is 29.2 Å². The summed E-state index contributed by atoms with van der Waals surface area (Å²) in [6, 6.07) is 9.34. The van der Waals surface area contributed by atoms with Gasteiger partial charge >= 0.3 is 0 Å². The molecule has 0 aliphatic heterocycles. The Kier molecular flexibility index (Phi) is 4.57. The summed E-state index contributed by atoms with van der Waals surface area (Å²) in [7, 11) is 0. The molecule has 0 radical (unpaired) electrons. The number of hydrogen-bond donors (Lipinski definition) is 1. The van der Waals surface area contributed by atoms with Crippen molar-refractivity contribution in [1.29, 1.82) is 0 Å². The van der Waals surface area contributed by atoms with E-state index in [2.05, 4.69) is 29.2 Å². The predicted molar refractivity (Wildman–Crippen MR) is 91.2 cm³/mol. The van der Waals surface area contributed by atoms with Crippen molar-refractivity contribution in [2.75, 3.05) is 11.9 Å². The van der Waals surface area contributed by atoms with E-state index in [4.69, 9.17) is 4.74 Å². The second kappa shape index (κ2) is 6.78. The minimum Gasteiger partial charge on any atom is -0.493 e. The van der Waals surface area contributed by atoms with E-state index < -0.39 is 0 Å². The van der Waals surface area contributed by atoms with Crippen molar-refractivity contribution in [3.8, 4) is 5.75 Å². The molecule has 0 amide bonds. The number of nitrogens with one attached hydrogen (secondary N) is 1. The topological polar surface area (TPSA) is 68.5 Å². The fourth-order valence-electron chi connectivity index (χ4n) is 2.00. The zero-order valence-electron chi connectivity index (χ0n) is 13.0. The highest BCUT2D eigenvalue weighted by molar-refractivity contribution is 7.20. The Hall–Kier alpha value is -2.41. The summed E-state index contributed by atoms with van der Waals surface area (Å²) in [6.45, 7) is 5.54. The average Bonchev–Trinajstić information content (AvgIpc) is 2.96. The Morgan fingerprint density at radius 2 is 2.22 bits per heavy atom. The number of fused-ring (bicyclic) bond motifs is 1. The molecule has 1 aromatic carbocycles. The largest absolute Gasteiger partial charge is 0.493 e. The SMILES string of the molecule is CC(C)COc1cccc(CNc2nn3c(=O)ccnc3s2)c1. The molecule has 3 rings (SSSR count). The van der Waals surface area contributed by atoms with Crippen molar-refractivity contribution in [3.63, 3.8) is 0 Å². The van der Waals surface area contributed by atoms with E-state index in [0.717, 1.165) is 11.3 Å². The zero-order valence-corrected chi connectivity index (χ0v) is 13.8. The van der Waals surface area contributed by atoms with Gasteiger partial charge in [0, 0.05) is 18.8 Å². The van der Waals surface area contributed by atoms with Crippen molar-refractivity contribution in [2.24, 2.45) is 5.92 Å². The molecule has 0 spiro atoms. The van der Waals surface area contributed by atoms with Gasteiger partial charge in [0.2, 0.25) is 10.1 Å². The van der Waals surface area contributed by atoms with Gasteiger partial charge in [0.15, 0.2) is 0 Å². The number of anilines is 1. The Bertz CT molecular complexity index is 856. The van der Waals surface area contributed by atoms with Crippen LogP contribution >= 0.6 is 11.3 Å². The molecule has 1 N–H and O–H groups in total. The summed E-state index contributed by atoms with van der Waals surface area (Å²) in [6.07, 6.45) is 1.50. The molecule has 0 atom stereocenters. The van der Waals surface area contributed by atoms with Crippen molar-refractivity contribution in [1.82, 2.24) is 14.6 Å². The molecule has 120 valence electrons. The summed E-state index contributed by atoms with van der Waals surface area (Å²) in [5, 5.41) is 8.11. The quantitative estimate of drug-likeness (QED) is 0.753. The predicted octanol–water partition coefficient (Wildman–Crippen LogP) is 2.80. The van der Waals surface area contributed by atoms with Gasteiger partial charge in [-0.25, -0.2) is 4.98 Å². The van der Waals surface area contributed by atoms with Crippen LogP contribution in [0.5, 0.6) is 5.75 Å². The number of aromatic nitrogens is 3. The van der Waals surface area contributed by atoms with Crippen LogP contribution in [0.25, 0.3) is 4.96 Å². The number of rotatable bonds is 6. The lowest BCUT2D eigenvalue weighted by molar-refractivity contribution is 0.271. The molecule has 0 saturated carbocycles. The molecule has 0 bridgehead atoms. The summed E-state index contributed by atoms with van der Waals surface area (Å²) >= 11 is 1.35. The molecule has 0 unspecified atom stereocenters. The van der Waals surface area contributed by atoms with E-state index in [1.54, 1.807) is 0 Å². The molecule has 2 heterocycles. The molecule has 3 aromatic rings. The van der Waals surface area contributed by atoms with Crippen molar-refractivity contribution < 1.29 is 4.74 Å². The van der Waals surface area contributed by atoms with Gasteiger partial charge in [0.25, 0.3) is 5.56 Å². The van der Waals surface area contributed by atoms with Gasteiger partial charge in [0.05, 0.1) is 6.61 Å². The zero-order chi connectivity index (χ0) is 16.2. The Morgan fingerprint density at radius 1 is 1.35 bits per heavy atom. The maximum Gasteiger partial charge on any atom is 0.275 e. The van der Waals surface area contributed by atoms with Gasteiger partial charge in [-0.2, -0.15) is 4.52 Å². The third-order valence-electron chi connectivity index (χ3n) is 3.10. The number of nitrogens with zero attached hydrogens (tertiary/aromatic N) is 3. The van der Waals surface area contributed by atoms with Gasteiger partial charge in [-0.3, -0.25) is 4.79 Å². The van der Waals surface area contributed by atoms with E-state index >= 15 is 0 Å². The highest BCUT2D eigenvalue weighted by Crippen LogP contribution is 2.19. The van der Waals surface area contributed by atoms with Crippen LogP contribution in [0.3, 0.4) is 0 Å². The van der Waals surface area contributed by atoms with Crippen molar-refractivity contribution >= 4 is 21.4 Å². The molecule has 7 heteroatoms. The van der Waals surface area contributed by atoms with Crippen LogP contribution < -0.4 is 15.6 Å². The number of ether oxygens (including phenoxy) is 1. The first-order valence-corrected chi connectivity index (χ1v) is 8.24.